The standard InChI is InChI=1S/C26H29FN4O4/c1-3-35-26(34)30-13-11-29(12-14-30)24(20-6-8-21(27)9-7-20)23-22(32)15-18(2)31(25(23)33)17-19-5-4-10-28-16-19/h4-10,15-16,24,32H,3,11-14,17H2,1-2H3/t24-/m0/s1. The van der Waals surface area contributed by atoms with Crippen molar-refractivity contribution in [3.05, 3.63) is 93.4 Å². The van der Waals surface area contributed by atoms with Crippen molar-refractivity contribution >= 4 is 6.09 Å². The van der Waals surface area contributed by atoms with E-state index < -0.39 is 6.04 Å². The lowest BCUT2D eigenvalue weighted by Gasteiger charge is -2.39. The molecular weight excluding hydrogens is 451 g/mol. The molecule has 1 fully saturated rings. The van der Waals surface area contributed by atoms with Crippen LogP contribution >= 0.6 is 0 Å². The largest absolute Gasteiger partial charge is 0.507 e. The van der Waals surface area contributed by atoms with Gasteiger partial charge in [0.1, 0.15) is 11.6 Å². The van der Waals surface area contributed by atoms with Crippen molar-refractivity contribution in [2.75, 3.05) is 32.8 Å². The minimum Gasteiger partial charge on any atom is -0.507 e. The first-order valence-electron chi connectivity index (χ1n) is 11.6. The quantitative estimate of drug-likeness (QED) is 0.583. The highest BCUT2D eigenvalue weighted by molar-refractivity contribution is 5.67. The number of hydrogen-bond acceptors (Lipinski definition) is 6. The first-order valence-corrected chi connectivity index (χ1v) is 11.6. The van der Waals surface area contributed by atoms with Gasteiger partial charge in [0, 0.05) is 44.3 Å². The maximum atomic E-state index is 13.8. The van der Waals surface area contributed by atoms with E-state index in [-0.39, 0.29) is 28.8 Å². The Morgan fingerprint density at radius 1 is 1.17 bits per heavy atom. The summed E-state index contributed by atoms with van der Waals surface area (Å²) in [5.41, 5.74) is 2.05. The van der Waals surface area contributed by atoms with Gasteiger partial charge in [-0.2, -0.15) is 0 Å². The number of piperazine rings is 1. The van der Waals surface area contributed by atoms with Gasteiger partial charge in [-0.3, -0.25) is 14.7 Å². The molecule has 1 aliphatic heterocycles. The average Bonchev–Trinajstić information content (AvgIpc) is 2.86. The molecule has 0 saturated carbocycles. The van der Waals surface area contributed by atoms with Gasteiger partial charge >= 0.3 is 6.09 Å². The maximum Gasteiger partial charge on any atom is 0.409 e. The fraction of sp³-hybridized carbons (Fsp3) is 0.346. The number of aromatic hydroxyl groups is 1. The highest BCUT2D eigenvalue weighted by Gasteiger charge is 2.32. The summed E-state index contributed by atoms with van der Waals surface area (Å²) in [4.78, 5) is 33.7. The van der Waals surface area contributed by atoms with Gasteiger partial charge in [-0.15, -0.1) is 0 Å². The second-order valence-electron chi connectivity index (χ2n) is 8.51. The molecule has 1 amide bonds. The molecule has 0 spiro atoms. The second kappa shape index (κ2) is 10.7. The van der Waals surface area contributed by atoms with Crippen LogP contribution < -0.4 is 5.56 Å². The Morgan fingerprint density at radius 3 is 2.51 bits per heavy atom. The van der Waals surface area contributed by atoms with E-state index in [0.29, 0.717) is 50.6 Å². The van der Waals surface area contributed by atoms with Crippen molar-refractivity contribution in [1.29, 1.82) is 0 Å². The van der Waals surface area contributed by atoms with Gasteiger partial charge in [-0.25, -0.2) is 9.18 Å². The summed E-state index contributed by atoms with van der Waals surface area (Å²) in [5, 5.41) is 11.0. The topological polar surface area (TPSA) is 87.9 Å². The van der Waals surface area contributed by atoms with Crippen LogP contribution in [0.5, 0.6) is 5.75 Å². The van der Waals surface area contributed by atoms with Gasteiger partial charge in [0.25, 0.3) is 5.56 Å². The molecule has 2 aromatic heterocycles. The lowest BCUT2D eigenvalue weighted by molar-refractivity contribution is 0.0709. The summed E-state index contributed by atoms with van der Waals surface area (Å²) in [7, 11) is 0. The van der Waals surface area contributed by atoms with Crippen molar-refractivity contribution in [3.63, 3.8) is 0 Å². The van der Waals surface area contributed by atoms with E-state index in [1.54, 1.807) is 60.0 Å². The summed E-state index contributed by atoms with van der Waals surface area (Å²) in [6.45, 7) is 5.86. The van der Waals surface area contributed by atoms with Crippen LogP contribution in [0.15, 0.2) is 59.7 Å². The number of pyridine rings is 2. The van der Waals surface area contributed by atoms with E-state index in [0.717, 1.165) is 5.56 Å². The molecule has 0 radical (unpaired) electrons. The van der Waals surface area contributed by atoms with Gasteiger partial charge in [0.05, 0.1) is 24.8 Å². The van der Waals surface area contributed by atoms with Gasteiger partial charge in [0.2, 0.25) is 0 Å². The molecule has 0 aliphatic carbocycles. The Labute approximate surface area is 203 Å². The number of hydrogen-bond donors (Lipinski definition) is 1. The lowest BCUT2D eigenvalue weighted by atomic mass is 9.96. The molecule has 1 aliphatic rings. The number of amides is 1. The highest BCUT2D eigenvalue weighted by Crippen LogP contribution is 2.33. The zero-order valence-corrected chi connectivity index (χ0v) is 19.9. The number of aromatic nitrogens is 2. The van der Waals surface area contributed by atoms with Crippen LogP contribution in [0.1, 0.15) is 35.3 Å². The first kappa shape index (κ1) is 24.4. The van der Waals surface area contributed by atoms with Gasteiger partial charge in [0.15, 0.2) is 0 Å². The van der Waals surface area contributed by atoms with Crippen molar-refractivity contribution in [2.45, 2.75) is 26.4 Å². The van der Waals surface area contributed by atoms with Crippen LogP contribution in [0.2, 0.25) is 0 Å². The third-order valence-electron chi connectivity index (χ3n) is 6.25. The summed E-state index contributed by atoms with van der Waals surface area (Å²) in [6.07, 6.45) is 2.99. The molecule has 9 heteroatoms. The Morgan fingerprint density at radius 2 is 1.89 bits per heavy atom. The summed E-state index contributed by atoms with van der Waals surface area (Å²) < 4.78 is 20.5. The number of benzene rings is 1. The molecule has 1 atom stereocenters. The third-order valence-corrected chi connectivity index (χ3v) is 6.25. The number of halogens is 1. The zero-order valence-electron chi connectivity index (χ0n) is 19.9. The highest BCUT2D eigenvalue weighted by atomic mass is 19.1. The van der Waals surface area contributed by atoms with Crippen LogP contribution in [0.3, 0.4) is 0 Å². The second-order valence-corrected chi connectivity index (χ2v) is 8.51. The smallest absolute Gasteiger partial charge is 0.409 e. The van der Waals surface area contributed by atoms with E-state index in [1.165, 1.54) is 12.1 Å². The number of ether oxygens (including phenoxy) is 1. The average molecular weight is 481 g/mol. The molecule has 1 saturated heterocycles. The van der Waals surface area contributed by atoms with Crippen LogP contribution in [0, 0.1) is 12.7 Å². The van der Waals surface area contributed by atoms with Crippen LogP contribution in [-0.2, 0) is 11.3 Å². The van der Waals surface area contributed by atoms with Gasteiger partial charge < -0.3 is 19.3 Å². The molecule has 3 aromatic rings. The molecule has 1 N–H and O–H groups in total. The van der Waals surface area contributed by atoms with Gasteiger partial charge in [-0.05, 0) is 49.2 Å². The van der Waals surface area contributed by atoms with E-state index in [9.17, 15) is 19.1 Å². The van der Waals surface area contributed by atoms with E-state index in [1.807, 2.05) is 11.0 Å². The zero-order chi connectivity index (χ0) is 24.9. The first-order chi connectivity index (χ1) is 16.9. The normalized spacial score (nSPS) is 15.1. The molecule has 184 valence electrons. The number of carbonyl (C=O) groups is 1. The number of nitrogens with zero attached hydrogens (tertiary/aromatic N) is 4. The monoisotopic (exact) mass is 480 g/mol. The van der Waals surface area contributed by atoms with Crippen molar-refractivity contribution in [3.8, 4) is 5.75 Å². The Hall–Kier alpha value is -3.72. The fourth-order valence-corrected chi connectivity index (χ4v) is 4.48. The molecule has 3 heterocycles. The van der Waals surface area contributed by atoms with E-state index >= 15 is 0 Å². The third kappa shape index (κ3) is 5.35. The molecule has 35 heavy (non-hydrogen) atoms. The molecule has 1 aromatic carbocycles. The fourth-order valence-electron chi connectivity index (χ4n) is 4.48. The Bertz CT molecular complexity index is 1220. The van der Waals surface area contributed by atoms with E-state index in [4.69, 9.17) is 4.74 Å². The minimum atomic E-state index is -0.617. The molecule has 0 unspecified atom stereocenters. The summed E-state index contributed by atoms with van der Waals surface area (Å²) in [5.74, 6) is -0.501. The predicted octanol–water partition coefficient (Wildman–Crippen LogP) is 3.31. The number of aryl methyl sites for hydroxylation is 1. The number of carbonyl (C=O) groups excluding carboxylic acids is 1. The summed E-state index contributed by atoms with van der Waals surface area (Å²) in [6, 6.07) is 10.6. The van der Waals surface area contributed by atoms with Gasteiger partial charge in [-0.1, -0.05) is 18.2 Å². The molecule has 4 rings (SSSR count). The number of rotatable bonds is 6. The maximum absolute atomic E-state index is 13.8. The van der Waals surface area contributed by atoms with Crippen LogP contribution in [0.25, 0.3) is 0 Å². The van der Waals surface area contributed by atoms with E-state index in [2.05, 4.69) is 4.98 Å². The SMILES string of the molecule is CCOC(=O)N1CCN([C@@H](c2ccc(F)cc2)c2c(O)cc(C)n(Cc3cccnc3)c2=O)CC1. The van der Waals surface area contributed by atoms with Crippen LogP contribution in [-0.4, -0.2) is 63.3 Å². The summed E-state index contributed by atoms with van der Waals surface area (Å²) >= 11 is 0. The molecular formula is C26H29FN4O4. The Kier molecular flexibility index (Phi) is 7.45. The lowest BCUT2D eigenvalue weighted by Crippen LogP contribution is -2.50. The van der Waals surface area contributed by atoms with Crippen molar-refractivity contribution < 1.29 is 19.0 Å². The predicted molar refractivity (Wildman–Crippen MR) is 129 cm³/mol. The van der Waals surface area contributed by atoms with Crippen molar-refractivity contribution in [1.82, 2.24) is 19.4 Å². The van der Waals surface area contributed by atoms with Crippen molar-refractivity contribution in [2.24, 2.45) is 0 Å². The van der Waals surface area contributed by atoms with Crippen LogP contribution in [0.4, 0.5) is 9.18 Å². The minimum absolute atomic E-state index is 0.114. The molecule has 8 nitrogen and oxygen atoms in total. The molecule has 0 bridgehead atoms. The Balaban J connectivity index is 1.74.